The van der Waals surface area contributed by atoms with Crippen LogP contribution in [0.5, 0.6) is 0 Å². The molecule has 0 aliphatic carbocycles. The number of rotatable bonds is 3. The van der Waals surface area contributed by atoms with E-state index in [0.29, 0.717) is 19.0 Å². The summed E-state index contributed by atoms with van der Waals surface area (Å²) >= 11 is 0. The topological polar surface area (TPSA) is 63.5 Å². The highest BCUT2D eigenvalue weighted by molar-refractivity contribution is 5.95. The summed E-state index contributed by atoms with van der Waals surface area (Å²) in [5.41, 5.74) is -0.477. The Kier molecular flexibility index (Phi) is 4.32. The first kappa shape index (κ1) is 14.4. The van der Waals surface area contributed by atoms with Crippen molar-refractivity contribution in [3.63, 3.8) is 0 Å². The Labute approximate surface area is 116 Å². The summed E-state index contributed by atoms with van der Waals surface area (Å²) in [4.78, 5) is 24.0. The lowest BCUT2D eigenvalue weighted by atomic mass is 9.95. The number of nitrogens with zero attached hydrogens (tertiary/aromatic N) is 2. The number of halogens is 1. The van der Waals surface area contributed by atoms with E-state index in [1.165, 1.54) is 0 Å². The summed E-state index contributed by atoms with van der Waals surface area (Å²) in [6.45, 7) is 3.24. The second-order valence-corrected chi connectivity index (χ2v) is 5.09. The van der Waals surface area contributed by atoms with Gasteiger partial charge in [-0.25, -0.2) is 4.39 Å². The van der Waals surface area contributed by atoms with Gasteiger partial charge in [0.15, 0.2) is 0 Å². The number of nitro groups is 1. The van der Waals surface area contributed by atoms with Crippen molar-refractivity contribution in [2.45, 2.75) is 26.2 Å². The number of hydrogen-bond acceptors (Lipinski definition) is 3. The molecule has 0 N–H and O–H groups in total. The molecule has 1 fully saturated rings. The molecule has 5 nitrogen and oxygen atoms in total. The number of nitro benzene ring substituents is 1. The van der Waals surface area contributed by atoms with Crippen molar-refractivity contribution in [2.24, 2.45) is 5.92 Å². The quantitative estimate of drug-likeness (QED) is 0.631. The minimum absolute atomic E-state index is 0.212. The normalized spacial score (nSPS) is 18.9. The number of hydrogen-bond donors (Lipinski definition) is 0. The Morgan fingerprint density at radius 2 is 2.30 bits per heavy atom. The van der Waals surface area contributed by atoms with Crippen LogP contribution in [0, 0.1) is 21.8 Å². The third-order valence-corrected chi connectivity index (χ3v) is 3.77. The van der Waals surface area contributed by atoms with Gasteiger partial charge in [-0.2, -0.15) is 0 Å². The zero-order valence-corrected chi connectivity index (χ0v) is 11.3. The standard InChI is InChI=1S/C14H17FN2O3/c1-2-10-4-3-7-16(9-10)14(18)12-8-11(17(19)20)5-6-13(12)15/h5-6,8,10H,2-4,7,9H2,1H3. The number of carbonyl (C=O) groups excluding carboxylic acids is 1. The summed E-state index contributed by atoms with van der Waals surface area (Å²) in [6, 6.07) is 3.07. The first-order valence-electron chi connectivity index (χ1n) is 6.76. The van der Waals surface area contributed by atoms with Crippen molar-refractivity contribution in [3.8, 4) is 0 Å². The van der Waals surface area contributed by atoms with E-state index in [4.69, 9.17) is 0 Å². The molecule has 0 aromatic heterocycles. The van der Waals surface area contributed by atoms with Crippen molar-refractivity contribution >= 4 is 11.6 Å². The second kappa shape index (κ2) is 5.98. The lowest BCUT2D eigenvalue weighted by Crippen LogP contribution is -2.40. The maximum atomic E-state index is 13.7. The number of benzene rings is 1. The van der Waals surface area contributed by atoms with Crippen molar-refractivity contribution in [2.75, 3.05) is 13.1 Å². The number of non-ortho nitro benzene ring substituents is 1. The lowest BCUT2D eigenvalue weighted by molar-refractivity contribution is -0.384. The van der Waals surface area contributed by atoms with Crippen molar-refractivity contribution in [3.05, 3.63) is 39.7 Å². The molecule has 0 spiro atoms. The Morgan fingerprint density at radius 1 is 1.55 bits per heavy atom. The van der Waals surface area contributed by atoms with Crippen LogP contribution in [0.3, 0.4) is 0 Å². The van der Waals surface area contributed by atoms with E-state index in [2.05, 4.69) is 6.92 Å². The molecular formula is C14H17FN2O3. The minimum atomic E-state index is -0.709. The molecule has 1 heterocycles. The molecule has 108 valence electrons. The molecule has 2 rings (SSSR count). The summed E-state index contributed by atoms with van der Waals surface area (Å²) in [7, 11) is 0. The Balaban J connectivity index is 2.24. The summed E-state index contributed by atoms with van der Waals surface area (Å²) in [5.74, 6) is -0.738. The molecule has 1 atom stereocenters. The Hall–Kier alpha value is -1.98. The number of amides is 1. The van der Waals surface area contributed by atoms with Gasteiger partial charge in [-0.05, 0) is 24.8 Å². The Morgan fingerprint density at radius 3 is 2.95 bits per heavy atom. The van der Waals surface area contributed by atoms with Gasteiger partial charge < -0.3 is 4.90 Å². The van der Waals surface area contributed by atoms with Crippen LogP contribution in [-0.2, 0) is 0 Å². The van der Waals surface area contributed by atoms with Crippen LogP contribution in [0.2, 0.25) is 0 Å². The molecule has 1 aromatic rings. The van der Waals surface area contributed by atoms with E-state index < -0.39 is 16.6 Å². The third-order valence-electron chi connectivity index (χ3n) is 3.77. The highest BCUT2D eigenvalue weighted by Gasteiger charge is 2.26. The third kappa shape index (κ3) is 2.95. The van der Waals surface area contributed by atoms with Gasteiger partial charge in [0.2, 0.25) is 0 Å². The average Bonchev–Trinajstić information content (AvgIpc) is 2.46. The molecule has 0 radical (unpaired) electrons. The number of carbonyl (C=O) groups is 1. The van der Waals surface area contributed by atoms with Crippen LogP contribution >= 0.6 is 0 Å². The summed E-state index contributed by atoms with van der Waals surface area (Å²) < 4.78 is 13.7. The largest absolute Gasteiger partial charge is 0.338 e. The fourth-order valence-electron chi connectivity index (χ4n) is 2.54. The molecule has 6 heteroatoms. The van der Waals surface area contributed by atoms with Gasteiger partial charge in [-0.3, -0.25) is 14.9 Å². The second-order valence-electron chi connectivity index (χ2n) is 5.09. The van der Waals surface area contributed by atoms with Crippen LogP contribution < -0.4 is 0 Å². The fraction of sp³-hybridized carbons (Fsp3) is 0.500. The highest BCUT2D eigenvalue weighted by Crippen LogP contribution is 2.23. The zero-order valence-electron chi connectivity index (χ0n) is 11.3. The zero-order chi connectivity index (χ0) is 14.7. The predicted octanol–water partition coefficient (Wildman–Crippen LogP) is 3.00. The van der Waals surface area contributed by atoms with E-state index in [0.717, 1.165) is 37.5 Å². The van der Waals surface area contributed by atoms with Crippen LogP contribution in [-0.4, -0.2) is 28.8 Å². The highest BCUT2D eigenvalue weighted by atomic mass is 19.1. The molecule has 1 amide bonds. The molecule has 1 aromatic carbocycles. The summed E-state index contributed by atoms with van der Waals surface area (Å²) in [5, 5.41) is 10.7. The van der Waals surface area contributed by atoms with Crippen LogP contribution in [0.15, 0.2) is 18.2 Å². The van der Waals surface area contributed by atoms with E-state index in [9.17, 15) is 19.3 Å². The molecule has 0 saturated carbocycles. The first-order chi connectivity index (χ1) is 9.52. The van der Waals surface area contributed by atoms with Crippen LogP contribution in [0.1, 0.15) is 36.5 Å². The van der Waals surface area contributed by atoms with Gasteiger partial charge in [0.1, 0.15) is 5.82 Å². The summed E-state index contributed by atoms with van der Waals surface area (Å²) in [6.07, 6.45) is 2.93. The lowest BCUT2D eigenvalue weighted by Gasteiger charge is -2.32. The average molecular weight is 280 g/mol. The number of likely N-dealkylation sites (tertiary alicyclic amines) is 1. The fourth-order valence-corrected chi connectivity index (χ4v) is 2.54. The van der Waals surface area contributed by atoms with Gasteiger partial charge in [0, 0.05) is 25.2 Å². The van der Waals surface area contributed by atoms with Crippen molar-refractivity contribution in [1.29, 1.82) is 0 Å². The molecular weight excluding hydrogens is 263 g/mol. The number of piperidine rings is 1. The predicted molar refractivity (Wildman–Crippen MR) is 72.0 cm³/mol. The van der Waals surface area contributed by atoms with E-state index >= 15 is 0 Å². The van der Waals surface area contributed by atoms with E-state index in [1.54, 1.807) is 4.90 Å². The van der Waals surface area contributed by atoms with Crippen molar-refractivity contribution < 1.29 is 14.1 Å². The van der Waals surface area contributed by atoms with Gasteiger partial charge in [0.05, 0.1) is 10.5 Å². The van der Waals surface area contributed by atoms with Gasteiger partial charge >= 0.3 is 0 Å². The smallest absolute Gasteiger partial charge is 0.270 e. The molecule has 1 aliphatic rings. The Bertz CT molecular complexity index is 533. The SMILES string of the molecule is CCC1CCCN(C(=O)c2cc([N+](=O)[O-])ccc2F)C1. The van der Waals surface area contributed by atoms with Crippen LogP contribution in [0.4, 0.5) is 10.1 Å². The molecule has 20 heavy (non-hydrogen) atoms. The minimum Gasteiger partial charge on any atom is -0.338 e. The van der Waals surface area contributed by atoms with Gasteiger partial charge in [-0.1, -0.05) is 13.3 Å². The maximum absolute atomic E-state index is 13.7. The molecule has 1 unspecified atom stereocenters. The maximum Gasteiger partial charge on any atom is 0.270 e. The molecule has 1 saturated heterocycles. The van der Waals surface area contributed by atoms with Crippen LogP contribution in [0.25, 0.3) is 0 Å². The van der Waals surface area contributed by atoms with Crippen molar-refractivity contribution in [1.82, 2.24) is 4.90 Å². The molecule has 0 bridgehead atoms. The molecule has 1 aliphatic heterocycles. The van der Waals surface area contributed by atoms with E-state index in [1.807, 2.05) is 0 Å². The van der Waals surface area contributed by atoms with Gasteiger partial charge in [0.25, 0.3) is 11.6 Å². The van der Waals surface area contributed by atoms with Gasteiger partial charge in [-0.15, -0.1) is 0 Å². The monoisotopic (exact) mass is 280 g/mol. The first-order valence-corrected chi connectivity index (χ1v) is 6.76. The van der Waals surface area contributed by atoms with E-state index in [-0.39, 0.29) is 11.3 Å².